The van der Waals surface area contributed by atoms with Crippen LogP contribution in [0.1, 0.15) is 44.6 Å². The Hall–Kier alpha value is -1.69. The molecule has 0 unspecified atom stereocenters. The molecule has 1 aliphatic carbocycles. The number of morpholine rings is 1. The zero-order valence-corrected chi connectivity index (χ0v) is 16.9. The van der Waals surface area contributed by atoms with Crippen LogP contribution in [-0.2, 0) is 30.7 Å². The van der Waals surface area contributed by atoms with Crippen molar-refractivity contribution in [1.29, 1.82) is 0 Å². The molecular formula is C22H29N2O2S+. The molecular weight excluding hydrogens is 356 g/mol. The van der Waals surface area contributed by atoms with Crippen molar-refractivity contribution in [3.8, 4) is 0 Å². The largest absolute Gasteiger partial charge is 0.370 e. The van der Waals surface area contributed by atoms with Gasteiger partial charge in [0.1, 0.15) is 19.6 Å². The molecule has 2 aliphatic rings. The zero-order chi connectivity index (χ0) is 18.6. The van der Waals surface area contributed by atoms with Crippen LogP contribution in [-0.4, -0.2) is 32.2 Å². The van der Waals surface area contributed by atoms with E-state index in [1.165, 1.54) is 28.0 Å². The van der Waals surface area contributed by atoms with Crippen LogP contribution in [0.4, 0.5) is 0 Å². The average Bonchev–Trinajstić information content (AvgIpc) is 3.11. The average molecular weight is 386 g/mol. The van der Waals surface area contributed by atoms with E-state index in [1.807, 2.05) is 0 Å². The number of quaternary nitrogens is 1. The molecule has 2 aromatic rings. The summed E-state index contributed by atoms with van der Waals surface area (Å²) in [6.45, 7) is 7.69. The SMILES string of the molecule is C[C@@H]1CCc2sc(C(=O)NCc3ccccc3C[NH+]3CCOCC3)cc2C1. The number of fused-ring (bicyclic) bond motifs is 1. The van der Waals surface area contributed by atoms with Gasteiger partial charge in [-0.15, -0.1) is 11.3 Å². The monoisotopic (exact) mass is 385 g/mol. The van der Waals surface area contributed by atoms with Crippen LogP contribution in [0.2, 0.25) is 0 Å². The number of carbonyl (C=O) groups is 1. The minimum atomic E-state index is 0.0653. The summed E-state index contributed by atoms with van der Waals surface area (Å²) < 4.78 is 5.46. The van der Waals surface area contributed by atoms with Crippen molar-refractivity contribution < 1.29 is 14.4 Å². The van der Waals surface area contributed by atoms with Gasteiger partial charge in [-0.3, -0.25) is 4.79 Å². The van der Waals surface area contributed by atoms with Crippen molar-refractivity contribution in [1.82, 2.24) is 5.32 Å². The molecule has 1 aromatic carbocycles. The molecule has 1 amide bonds. The Labute approximate surface area is 165 Å². The highest BCUT2D eigenvalue weighted by Gasteiger charge is 2.21. The predicted octanol–water partition coefficient (Wildman–Crippen LogP) is 2.22. The standard InChI is InChI=1S/C22H28N2O2S/c1-16-6-7-20-19(12-16)13-21(27-20)22(25)23-14-17-4-2-3-5-18(17)15-24-8-10-26-11-9-24/h2-5,13,16H,6-12,14-15H2,1H3,(H,23,25)/p+1/t16-/m1/s1. The molecule has 4 rings (SSSR count). The quantitative estimate of drug-likeness (QED) is 0.829. The van der Waals surface area contributed by atoms with E-state index in [0.717, 1.165) is 56.5 Å². The second kappa shape index (κ2) is 8.55. The van der Waals surface area contributed by atoms with E-state index in [0.29, 0.717) is 6.54 Å². The van der Waals surface area contributed by atoms with Crippen LogP contribution in [0.25, 0.3) is 0 Å². The Morgan fingerprint density at radius 1 is 1.26 bits per heavy atom. The molecule has 0 spiro atoms. The number of hydrogen-bond acceptors (Lipinski definition) is 3. The summed E-state index contributed by atoms with van der Waals surface area (Å²) in [6.07, 6.45) is 3.48. The highest BCUT2D eigenvalue weighted by Crippen LogP contribution is 2.32. The molecule has 2 N–H and O–H groups in total. The van der Waals surface area contributed by atoms with Crippen molar-refractivity contribution in [2.45, 2.75) is 39.3 Å². The third kappa shape index (κ3) is 4.60. The Balaban J connectivity index is 1.39. The lowest BCUT2D eigenvalue weighted by Crippen LogP contribution is -3.12. The zero-order valence-electron chi connectivity index (χ0n) is 16.1. The molecule has 1 aromatic heterocycles. The first-order chi connectivity index (χ1) is 13.2. The molecule has 0 bridgehead atoms. The van der Waals surface area contributed by atoms with Crippen LogP contribution < -0.4 is 10.2 Å². The maximum Gasteiger partial charge on any atom is 0.261 e. The smallest absolute Gasteiger partial charge is 0.261 e. The van der Waals surface area contributed by atoms with Gasteiger partial charge in [0.25, 0.3) is 5.91 Å². The lowest BCUT2D eigenvalue weighted by molar-refractivity contribution is -0.921. The lowest BCUT2D eigenvalue weighted by Gasteiger charge is -2.24. The number of hydrogen-bond donors (Lipinski definition) is 2. The molecule has 1 atom stereocenters. The fourth-order valence-electron chi connectivity index (χ4n) is 4.09. The van der Waals surface area contributed by atoms with Gasteiger partial charge in [-0.2, -0.15) is 0 Å². The molecule has 5 heteroatoms. The van der Waals surface area contributed by atoms with E-state index in [-0.39, 0.29) is 5.91 Å². The van der Waals surface area contributed by atoms with Crippen LogP contribution in [0.5, 0.6) is 0 Å². The van der Waals surface area contributed by atoms with Gasteiger partial charge in [0.15, 0.2) is 0 Å². The van der Waals surface area contributed by atoms with E-state index in [1.54, 1.807) is 16.2 Å². The first-order valence-electron chi connectivity index (χ1n) is 10.1. The summed E-state index contributed by atoms with van der Waals surface area (Å²) in [6, 6.07) is 10.6. The normalized spacial score (nSPS) is 20.3. The van der Waals surface area contributed by atoms with Crippen molar-refractivity contribution in [3.63, 3.8) is 0 Å². The Morgan fingerprint density at radius 3 is 2.85 bits per heavy atom. The highest BCUT2D eigenvalue weighted by molar-refractivity contribution is 7.14. The van der Waals surface area contributed by atoms with Crippen molar-refractivity contribution >= 4 is 17.2 Å². The molecule has 144 valence electrons. The molecule has 1 fully saturated rings. The topological polar surface area (TPSA) is 42.8 Å². The Bertz CT molecular complexity index is 795. The second-order valence-corrected chi connectivity index (χ2v) is 9.03. The fourth-order valence-corrected chi connectivity index (χ4v) is 5.21. The van der Waals surface area contributed by atoms with Gasteiger partial charge in [0.2, 0.25) is 0 Å². The van der Waals surface area contributed by atoms with Gasteiger partial charge < -0.3 is 15.0 Å². The number of aryl methyl sites for hydroxylation is 1. The lowest BCUT2D eigenvalue weighted by atomic mass is 9.90. The summed E-state index contributed by atoms with van der Waals surface area (Å²) in [7, 11) is 0. The summed E-state index contributed by atoms with van der Waals surface area (Å²) in [4.78, 5) is 16.5. The van der Waals surface area contributed by atoms with Crippen molar-refractivity contribution in [2.75, 3.05) is 26.3 Å². The maximum absolute atomic E-state index is 12.7. The van der Waals surface area contributed by atoms with Crippen molar-refractivity contribution in [3.05, 3.63) is 56.8 Å². The van der Waals surface area contributed by atoms with Gasteiger partial charge in [-0.25, -0.2) is 0 Å². The molecule has 1 aliphatic heterocycles. The third-order valence-electron chi connectivity index (χ3n) is 5.75. The van der Waals surface area contributed by atoms with E-state index in [9.17, 15) is 4.79 Å². The van der Waals surface area contributed by atoms with Crippen LogP contribution in [0.3, 0.4) is 0 Å². The van der Waals surface area contributed by atoms with E-state index in [2.05, 4.69) is 42.6 Å². The highest BCUT2D eigenvalue weighted by atomic mass is 32.1. The summed E-state index contributed by atoms with van der Waals surface area (Å²) in [5, 5.41) is 3.15. The van der Waals surface area contributed by atoms with Crippen molar-refractivity contribution in [2.24, 2.45) is 5.92 Å². The summed E-state index contributed by atoms with van der Waals surface area (Å²) in [5.74, 6) is 0.799. The van der Waals surface area contributed by atoms with E-state index < -0.39 is 0 Å². The molecule has 2 heterocycles. The van der Waals surface area contributed by atoms with Gasteiger partial charge in [0.05, 0.1) is 18.1 Å². The predicted molar refractivity (Wildman–Crippen MR) is 108 cm³/mol. The number of benzene rings is 1. The Morgan fingerprint density at radius 2 is 2.04 bits per heavy atom. The molecule has 4 nitrogen and oxygen atoms in total. The summed E-state index contributed by atoms with van der Waals surface area (Å²) >= 11 is 1.68. The van der Waals surface area contributed by atoms with Gasteiger partial charge in [-0.1, -0.05) is 31.2 Å². The molecule has 27 heavy (non-hydrogen) atoms. The fraction of sp³-hybridized carbons (Fsp3) is 0.500. The van der Waals surface area contributed by atoms with Crippen LogP contribution in [0, 0.1) is 5.92 Å². The molecule has 0 saturated carbocycles. The third-order valence-corrected chi connectivity index (χ3v) is 6.99. The molecule has 0 radical (unpaired) electrons. The molecule has 1 saturated heterocycles. The van der Waals surface area contributed by atoms with E-state index in [4.69, 9.17) is 4.74 Å². The number of amides is 1. The number of carbonyl (C=O) groups excluding carboxylic acids is 1. The van der Waals surface area contributed by atoms with E-state index >= 15 is 0 Å². The van der Waals surface area contributed by atoms with Gasteiger partial charge in [-0.05, 0) is 42.4 Å². The minimum absolute atomic E-state index is 0.0653. The van der Waals surface area contributed by atoms with Crippen LogP contribution in [0.15, 0.2) is 30.3 Å². The minimum Gasteiger partial charge on any atom is -0.370 e. The van der Waals surface area contributed by atoms with Gasteiger partial charge in [0, 0.05) is 17.0 Å². The first kappa shape index (κ1) is 18.7. The second-order valence-electron chi connectivity index (χ2n) is 7.90. The van der Waals surface area contributed by atoms with Crippen LogP contribution >= 0.6 is 11.3 Å². The first-order valence-corrected chi connectivity index (χ1v) is 10.9. The Kier molecular flexibility index (Phi) is 5.91. The number of ether oxygens (including phenoxy) is 1. The van der Waals surface area contributed by atoms with Gasteiger partial charge >= 0.3 is 0 Å². The maximum atomic E-state index is 12.7. The number of rotatable bonds is 5. The summed E-state index contributed by atoms with van der Waals surface area (Å²) in [5.41, 5.74) is 3.94. The number of thiophene rings is 1. The number of nitrogens with one attached hydrogen (secondary N) is 2.